The predicted molar refractivity (Wildman–Crippen MR) is 124 cm³/mol. The van der Waals surface area contributed by atoms with Crippen LogP contribution >= 0.6 is 11.3 Å². The average Bonchev–Trinajstić information content (AvgIpc) is 3.10. The van der Waals surface area contributed by atoms with Gasteiger partial charge in [0, 0.05) is 19.2 Å². The molecule has 0 aliphatic carbocycles. The number of sulfonamides is 1. The zero-order valence-corrected chi connectivity index (χ0v) is 19.5. The molecule has 8 heteroatoms. The van der Waals surface area contributed by atoms with Crippen LogP contribution in [0.4, 0.5) is 0 Å². The van der Waals surface area contributed by atoms with E-state index in [1.54, 1.807) is 7.05 Å². The third-order valence-corrected chi connectivity index (χ3v) is 7.90. The van der Waals surface area contributed by atoms with Crippen molar-refractivity contribution < 1.29 is 13.2 Å². The molecule has 2 aromatic carbocycles. The summed E-state index contributed by atoms with van der Waals surface area (Å²) < 4.78 is 29.5. The van der Waals surface area contributed by atoms with Gasteiger partial charge in [-0.2, -0.15) is 4.99 Å². The van der Waals surface area contributed by atoms with Gasteiger partial charge in [-0.1, -0.05) is 42.7 Å². The van der Waals surface area contributed by atoms with Crippen LogP contribution in [-0.4, -0.2) is 36.8 Å². The van der Waals surface area contributed by atoms with E-state index >= 15 is 0 Å². The van der Waals surface area contributed by atoms with E-state index in [1.807, 2.05) is 36.6 Å². The van der Waals surface area contributed by atoms with E-state index in [9.17, 15) is 13.2 Å². The Balaban J connectivity index is 1.95. The summed E-state index contributed by atoms with van der Waals surface area (Å²) in [7, 11) is -2.02. The molecule has 1 heterocycles. The highest BCUT2D eigenvalue weighted by atomic mass is 32.2. The molecule has 0 N–H and O–H groups in total. The molecule has 0 saturated heterocycles. The second-order valence-corrected chi connectivity index (χ2v) is 10.3. The van der Waals surface area contributed by atoms with Gasteiger partial charge >= 0.3 is 0 Å². The first kappa shape index (κ1) is 22.9. The Morgan fingerprint density at radius 2 is 1.94 bits per heavy atom. The number of aromatic nitrogens is 1. The van der Waals surface area contributed by atoms with Crippen LogP contribution in [0.15, 0.2) is 52.4 Å². The van der Waals surface area contributed by atoms with Crippen molar-refractivity contribution in [1.82, 2.24) is 8.87 Å². The summed E-state index contributed by atoms with van der Waals surface area (Å²) in [5.74, 6) is 2.17. The summed E-state index contributed by atoms with van der Waals surface area (Å²) in [5.41, 5.74) is 2.34. The standard InChI is InChI=1S/C23H25N3O3S2/c1-5-7-16-25(4)31(28,29)19-13-11-18(12-14-19)22(27)24-23-26(15-6-2)21-17(3)9-8-10-20(21)30-23/h2,8-14H,5,7,15-16H2,1,3-4H3. The van der Waals surface area contributed by atoms with E-state index in [0.29, 0.717) is 23.5 Å². The molecule has 162 valence electrons. The number of para-hydroxylation sites is 1. The van der Waals surface area contributed by atoms with E-state index in [2.05, 4.69) is 10.9 Å². The Morgan fingerprint density at radius 1 is 1.23 bits per heavy atom. The molecule has 6 nitrogen and oxygen atoms in total. The van der Waals surface area contributed by atoms with Crippen LogP contribution in [0.5, 0.6) is 0 Å². The second-order valence-electron chi connectivity index (χ2n) is 7.22. The fourth-order valence-corrected chi connectivity index (χ4v) is 5.55. The van der Waals surface area contributed by atoms with Crippen molar-refractivity contribution in [2.24, 2.45) is 4.99 Å². The van der Waals surface area contributed by atoms with Crippen LogP contribution < -0.4 is 4.80 Å². The van der Waals surface area contributed by atoms with Crippen molar-refractivity contribution in [1.29, 1.82) is 0 Å². The SMILES string of the molecule is C#CCn1c(=NC(=O)c2ccc(S(=O)(=O)N(C)CCCC)cc2)sc2cccc(C)c21. The lowest BCUT2D eigenvalue weighted by Gasteiger charge is -2.16. The Hall–Kier alpha value is -2.73. The third-order valence-electron chi connectivity index (χ3n) is 4.99. The first-order valence-electron chi connectivity index (χ1n) is 9.97. The monoisotopic (exact) mass is 455 g/mol. The molecule has 1 amide bonds. The predicted octanol–water partition coefficient (Wildman–Crippen LogP) is 3.81. The maximum absolute atomic E-state index is 12.8. The van der Waals surface area contributed by atoms with E-state index in [1.165, 1.54) is 39.9 Å². The van der Waals surface area contributed by atoms with Crippen molar-refractivity contribution in [3.8, 4) is 12.3 Å². The molecule has 0 fully saturated rings. The number of thiazole rings is 1. The third kappa shape index (κ3) is 4.79. The van der Waals surface area contributed by atoms with Gasteiger partial charge in [-0.15, -0.1) is 6.42 Å². The van der Waals surface area contributed by atoms with Crippen LogP contribution in [0, 0.1) is 19.3 Å². The highest BCUT2D eigenvalue weighted by Gasteiger charge is 2.20. The molecule has 0 aliphatic heterocycles. The van der Waals surface area contributed by atoms with Crippen LogP contribution in [0.1, 0.15) is 35.7 Å². The second kappa shape index (κ2) is 9.60. The van der Waals surface area contributed by atoms with E-state index < -0.39 is 15.9 Å². The minimum absolute atomic E-state index is 0.155. The van der Waals surface area contributed by atoms with Gasteiger partial charge in [0.25, 0.3) is 5.91 Å². The molecule has 3 rings (SSSR count). The van der Waals surface area contributed by atoms with Crippen molar-refractivity contribution in [2.45, 2.75) is 38.1 Å². The number of rotatable bonds is 7. The van der Waals surface area contributed by atoms with Gasteiger partial charge in [-0.05, 0) is 49.2 Å². The quantitative estimate of drug-likeness (QED) is 0.509. The molecule has 1 aromatic heterocycles. The largest absolute Gasteiger partial charge is 0.304 e. The van der Waals surface area contributed by atoms with Gasteiger partial charge in [-0.3, -0.25) is 4.79 Å². The molecule has 0 unspecified atom stereocenters. The molecular formula is C23H25N3O3S2. The maximum Gasteiger partial charge on any atom is 0.279 e. The van der Waals surface area contributed by atoms with Crippen molar-refractivity contribution in [3.63, 3.8) is 0 Å². The number of nitrogens with zero attached hydrogens (tertiary/aromatic N) is 3. The normalized spacial score (nSPS) is 12.4. The number of amides is 1. The van der Waals surface area contributed by atoms with Gasteiger partial charge in [-0.25, -0.2) is 12.7 Å². The van der Waals surface area contributed by atoms with Gasteiger partial charge in [0.05, 0.1) is 21.7 Å². The van der Waals surface area contributed by atoms with Crippen molar-refractivity contribution >= 4 is 37.5 Å². The fraction of sp³-hybridized carbons (Fsp3) is 0.304. The number of carbonyl (C=O) groups excluding carboxylic acids is 1. The molecule has 0 radical (unpaired) electrons. The van der Waals surface area contributed by atoms with E-state index in [0.717, 1.165) is 28.6 Å². The molecule has 3 aromatic rings. The number of hydrogen-bond acceptors (Lipinski definition) is 4. The highest BCUT2D eigenvalue weighted by molar-refractivity contribution is 7.89. The number of terminal acetylenes is 1. The van der Waals surface area contributed by atoms with E-state index in [4.69, 9.17) is 6.42 Å². The van der Waals surface area contributed by atoms with Gasteiger partial charge in [0.1, 0.15) is 0 Å². The number of aryl methyl sites for hydroxylation is 1. The number of fused-ring (bicyclic) bond motifs is 1. The number of benzene rings is 2. The van der Waals surface area contributed by atoms with Gasteiger partial charge < -0.3 is 4.57 Å². The molecule has 0 aliphatic rings. The summed E-state index contributed by atoms with van der Waals surface area (Å²) in [4.78, 5) is 17.7. The van der Waals surface area contributed by atoms with Gasteiger partial charge in [0.2, 0.25) is 10.0 Å². The number of hydrogen-bond donors (Lipinski definition) is 0. The highest BCUT2D eigenvalue weighted by Crippen LogP contribution is 2.21. The zero-order valence-electron chi connectivity index (χ0n) is 17.8. The Bertz CT molecular complexity index is 1310. The lowest BCUT2D eigenvalue weighted by Crippen LogP contribution is -2.27. The number of carbonyl (C=O) groups is 1. The van der Waals surface area contributed by atoms with Gasteiger partial charge in [0.15, 0.2) is 4.80 Å². The molecular weight excluding hydrogens is 430 g/mol. The summed E-state index contributed by atoms with van der Waals surface area (Å²) in [6, 6.07) is 11.8. The zero-order chi connectivity index (χ0) is 22.6. The minimum atomic E-state index is -3.58. The summed E-state index contributed by atoms with van der Waals surface area (Å²) >= 11 is 1.40. The average molecular weight is 456 g/mol. The van der Waals surface area contributed by atoms with Crippen molar-refractivity contribution in [2.75, 3.05) is 13.6 Å². The Morgan fingerprint density at radius 3 is 2.58 bits per heavy atom. The van der Waals surface area contributed by atoms with Crippen molar-refractivity contribution in [3.05, 3.63) is 58.4 Å². The molecule has 0 atom stereocenters. The van der Waals surface area contributed by atoms with Crippen LogP contribution in [0.3, 0.4) is 0 Å². The lowest BCUT2D eigenvalue weighted by molar-refractivity contribution is 0.0998. The van der Waals surface area contributed by atoms with Crippen LogP contribution in [-0.2, 0) is 16.6 Å². The molecule has 31 heavy (non-hydrogen) atoms. The molecule has 0 saturated carbocycles. The minimum Gasteiger partial charge on any atom is -0.304 e. The first-order valence-corrected chi connectivity index (χ1v) is 12.2. The fourth-order valence-electron chi connectivity index (χ4n) is 3.23. The summed E-state index contributed by atoms with van der Waals surface area (Å²) in [6.07, 6.45) is 7.23. The molecule has 0 spiro atoms. The first-order chi connectivity index (χ1) is 14.8. The molecule has 0 bridgehead atoms. The Labute approximate surface area is 186 Å². The summed E-state index contributed by atoms with van der Waals surface area (Å²) in [5, 5.41) is 0. The lowest BCUT2D eigenvalue weighted by atomic mass is 10.2. The van der Waals surface area contributed by atoms with Crippen LogP contribution in [0.25, 0.3) is 10.2 Å². The smallest absolute Gasteiger partial charge is 0.279 e. The Kier molecular flexibility index (Phi) is 7.11. The van der Waals surface area contributed by atoms with Crippen LogP contribution in [0.2, 0.25) is 0 Å². The number of unbranched alkanes of at least 4 members (excludes halogenated alkanes) is 1. The topological polar surface area (TPSA) is 71.7 Å². The summed E-state index contributed by atoms with van der Waals surface area (Å²) in [6.45, 7) is 4.76. The maximum atomic E-state index is 12.8. The van der Waals surface area contributed by atoms with E-state index in [-0.39, 0.29) is 4.90 Å².